The van der Waals surface area contributed by atoms with Crippen molar-refractivity contribution in [1.82, 2.24) is 26.2 Å². The second-order valence-corrected chi connectivity index (χ2v) is 20.7. The third-order valence-electron chi connectivity index (χ3n) is 11.8. The van der Waals surface area contributed by atoms with Gasteiger partial charge < -0.3 is 35.8 Å². The van der Waals surface area contributed by atoms with Crippen LogP contribution in [0.25, 0.3) is 0 Å². The van der Waals surface area contributed by atoms with Crippen LogP contribution in [0.1, 0.15) is 85.3 Å². The Morgan fingerprint density at radius 2 is 1.39 bits per heavy atom. The van der Waals surface area contributed by atoms with Crippen molar-refractivity contribution in [1.29, 1.82) is 0 Å². The fraction of sp³-hybridized carbons (Fsp3) is 0.646. The lowest BCUT2D eigenvalue weighted by molar-refractivity contribution is -0.143. The van der Waals surface area contributed by atoms with Crippen molar-refractivity contribution >= 4 is 39.5 Å². The van der Waals surface area contributed by atoms with Crippen LogP contribution in [0.2, 0.25) is 0 Å². The van der Waals surface area contributed by atoms with E-state index in [1.807, 2.05) is 76.8 Å². The molecule has 0 bridgehead atoms. The summed E-state index contributed by atoms with van der Waals surface area (Å²) < 4.78 is 41.8. The van der Waals surface area contributed by atoms with Gasteiger partial charge in [-0.1, -0.05) is 88.4 Å². The number of carbonyl (C=O) groups is 5. The molecule has 67 heavy (non-hydrogen) atoms. The van der Waals surface area contributed by atoms with Crippen LogP contribution in [0.15, 0.2) is 70.9 Å². The topological polar surface area (TPSA) is 243 Å². The Balaban J connectivity index is 1.47. The van der Waals surface area contributed by atoms with Crippen molar-refractivity contribution in [3.05, 3.63) is 71.8 Å². The highest BCUT2D eigenvalue weighted by Gasteiger charge is 2.41. The summed E-state index contributed by atoms with van der Waals surface area (Å²) in [7, 11) is -4.19. The number of ketones is 1. The van der Waals surface area contributed by atoms with E-state index < -0.39 is 81.3 Å². The molecule has 2 heterocycles. The standard InChI is InChI=1S/C48H73N7O11S/c1-33(2)27-39(43(57)48(7,61)32-66-67(62,63)26-14-23-65-31-47(6)35(5)53-54-47)50-46(60)41(29-37-17-12-9-13-18-37)52-45(59)40(28-34(3)4)51-44(58)38(20-19-36-15-10-8-11-16-36)49-42(56)30-55-21-24-64-25-22-55/h8-13,15-18,33-35,38-41,61H,14,19-32H2,1-7H3,(H,49,56)(H,50,60)(H,51,58)(H,52,59)/t35?,38-,39-,40-,41-,47?,48?/m0/s1. The average molecular weight is 956 g/mol. The van der Waals surface area contributed by atoms with Gasteiger partial charge in [0, 0.05) is 26.1 Å². The van der Waals surface area contributed by atoms with Crippen LogP contribution in [-0.2, 0) is 60.6 Å². The molecule has 2 aliphatic rings. The summed E-state index contributed by atoms with van der Waals surface area (Å²) in [5, 5.41) is 30.7. The highest BCUT2D eigenvalue weighted by molar-refractivity contribution is 7.86. The van der Waals surface area contributed by atoms with Gasteiger partial charge in [-0.15, -0.1) is 0 Å². The lowest BCUT2D eigenvalue weighted by atomic mass is 9.90. The molecule has 19 heteroatoms. The summed E-state index contributed by atoms with van der Waals surface area (Å²) >= 11 is 0. The van der Waals surface area contributed by atoms with Crippen molar-refractivity contribution in [2.24, 2.45) is 22.1 Å². The Morgan fingerprint density at radius 3 is 1.97 bits per heavy atom. The maximum absolute atomic E-state index is 14.3. The predicted octanol–water partition coefficient (Wildman–Crippen LogP) is 2.91. The van der Waals surface area contributed by atoms with Crippen LogP contribution in [0, 0.1) is 11.8 Å². The molecule has 0 radical (unpaired) electrons. The fourth-order valence-electron chi connectivity index (χ4n) is 7.55. The first kappa shape index (κ1) is 54.9. The molecule has 7 atom stereocenters. The molecule has 1 saturated heterocycles. The lowest BCUT2D eigenvalue weighted by Crippen LogP contribution is -2.60. The normalized spacial score (nSPS) is 20.2. The van der Waals surface area contributed by atoms with Crippen LogP contribution in [0.4, 0.5) is 0 Å². The Kier molecular flexibility index (Phi) is 21.5. The molecule has 3 unspecified atom stereocenters. The highest BCUT2D eigenvalue weighted by atomic mass is 32.2. The number of carbonyl (C=O) groups excluding carboxylic acids is 5. The molecule has 4 amide bonds. The number of azo groups is 1. The second-order valence-electron chi connectivity index (χ2n) is 19.0. The van der Waals surface area contributed by atoms with Crippen LogP contribution < -0.4 is 21.3 Å². The van der Waals surface area contributed by atoms with Crippen LogP contribution >= 0.6 is 0 Å². The predicted molar refractivity (Wildman–Crippen MR) is 252 cm³/mol. The number of nitrogens with one attached hydrogen (secondary N) is 4. The summed E-state index contributed by atoms with van der Waals surface area (Å²) in [4.78, 5) is 72.0. The number of hydrogen-bond donors (Lipinski definition) is 5. The number of hydrogen-bond acceptors (Lipinski definition) is 14. The number of morpholine rings is 1. The molecule has 1 fully saturated rings. The van der Waals surface area contributed by atoms with Gasteiger partial charge in [0.15, 0.2) is 5.78 Å². The van der Waals surface area contributed by atoms with Crippen molar-refractivity contribution in [3.63, 3.8) is 0 Å². The summed E-state index contributed by atoms with van der Waals surface area (Å²) in [6.07, 6.45) is 1.11. The summed E-state index contributed by atoms with van der Waals surface area (Å²) in [6, 6.07) is 13.8. The fourth-order valence-corrected chi connectivity index (χ4v) is 8.55. The number of amides is 4. The molecule has 0 aliphatic carbocycles. The molecule has 2 aliphatic heterocycles. The van der Waals surface area contributed by atoms with E-state index in [-0.39, 0.29) is 75.6 Å². The third kappa shape index (κ3) is 18.7. The van der Waals surface area contributed by atoms with Gasteiger partial charge in [0.1, 0.15) is 35.9 Å². The Labute approximate surface area is 396 Å². The SMILES string of the molecule is CC(C)C[C@H](NC(=O)[C@H](CCc1ccccc1)NC(=O)CN1CCOCC1)C(=O)N[C@@H](Cc1ccccc1)C(=O)N[C@@H](CC(C)C)C(=O)C(C)(O)COS(=O)(=O)CCCOCC1(C)N=NC1C. The number of benzene rings is 2. The molecule has 2 aromatic carbocycles. The number of aryl methyl sites for hydroxylation is 1. The van der Waals surface area contributed by atoms with Crippen LogP contribution in [-0.4, -0.2) is 148 Å². The van der Waals surface area contributed by atoms with Crippen molar-refractivity contribution in [2.75, 3.05) is 58.4 Å². The molecule has 5 N–H and O–H groups in total. The third-order valence-corrected chi connectivity index (χ3v) is 13.0. The molecule has 4 rings (SSSR count). The van der Waals surface area contributed by atoms with E-state index in [9.17, 15) is 37.5 Å². The van der Waals surface area contributed by atoms with E-state index in [0.29, 0.717) is 38.3 Å². The minimum Gasteiger partial charge on any atom is -0.380 e. The smallest absolute Gasteiger partial charge is 0.267 e. The largest absolute Gasteiger partial charge is 0.380 e. The van der Waals surface area contributed by atoms with E-state index in [1.165, 1.54) is 0 Å². The van der Waals surface area contributed by atoms with Gasteiger partial charge in [0.05, 0.1) is 44.2 Å². The Morgan fingerprint density at radius 1 is 0.836 bits per heavy atom. The quantitative estimate of drug-likeness (QED) is 0.0584. The number of ether oxygens (including phenoxy) is 2. The summed E-state index contributed by atoms with van der Waals surface area (Å²) in [5.74, 6) is -3.83. The molecule has 372 valence electrons. The first-order valence-corrected chi connectivity index (χ1v) is 25.0. The molecule has 2 aromatic rings. The maximum Gasteiger partial charge on any atom is 0.267 e. The molecular formula is C48H73N7O11S. The van der Waals surface area contributed by atoms with Gasteiger partial charge in [-0.25, -0.2) is 0 Å². The zero-order valence-corrected chi connectivity index (χ0v) is 41.0. The maximum atomic E-state index is 14.3. The van der Waals surface area contributed by atoms with Gasteiger partial charge in [-0.3, -0.25) is 33.1 Å². The van der Waals surface area contributed by atoms with Crippen molar-refractivity contribution < 1.29 is 51.2 Å². The van der Waals surface area contributed by atoms with Crippen molar-refractivity contribution in [3.8, 4) is 0 Å². The first-order valence-electron chi connectivity index (χ1n) is 23.4. The minimum absolute atomic E-state index is 0.00149. The Hall–Kier alpha value is -4.66. The van der Waals surface area contributed by atoms with Crippen molar-refractivity contribution in [2.45, 2.75) is 128 Å². The van der Waals surface area contributed by atoms with Crippen LogP contribution in [0.5, 0.6) is 0 Å². The zero-order chi connectivity index (χ0) is 49.2. The monoisotopic (exact) mass is 956 g/mol. The van der Waals surface area contributed by atoms with E-state index in [0.717, 1.165) is 12.5 Å². The minimum atomic E-state index is -4.19. The first-order chi connectivity index (χ1) is 31.7. The number of rotatable bonds is 29. The molecule has 18 nitrogen and oxygen atoms in total. The molecule has 0 saturated carbocycles. The van der Waals surface area contributed by atoms with Crippen LogP contribution in [0.3, 0.4) is 0 Å². The average Bonchev–Trinajstić information content (AvgIpc) is 3.28. The second kappa shape index (κ2) is 26.2. The highest BCUT2D eigenvalue weighted by Crippen LogP contribution is 2.28. The van der Waals surface area contributed by atoms with E-state index in [1.54, 1.807) is 30.3 Å². The van der Waals surface area contributed by atoms with Gasteiger partial charge >= 0.3 is 0 Å². The van der Waals surface area contributed by atoms with E-state index in [4.69, 9.17) is 13.7 Å². The number of nitrogens with zero attached hydrogens (tertiary/aromatic N) is 3. The molecule has 0 aromatic heterocycles. The molecular weight excluding hydrogens is 883 g/mol. The lowest BCUT2D eigenvalue weighted by Gasteiger charge is -2.34. The summed E-state index contributed by atoms with van der Waals surface area (Å²) in [5.41, 5.74) is -1.13. The Bertz CT molecular complexity index is 2050. The molecule has 0 spiro atoms. The van der Waals surface area contributed by atoms with Gasteiger partial charge in [0.25, 0.3) is 10.1 Å². The summed E-state index contributed by atoms with van der Waals surface area (Å²) in [6.45, 7) is 14.1. The number of aliphatic hydroxyl groups is 1. The van der Waals surface area contributed by atoms with E-state index >= 15 is 0 Å². The van der Waals surface area contributed by atoms with E-state index in [2.05, 4.69) is 31.5 Å². The number of Topliss-reactive ketones (excluding diaryl/α,β-unsaturated/α-hetero) is 1. The van der Waals surface area contributed by atoms with Gasteiger partial charge in [-0.2, -0.15) is 18.6 Å². The zero-order valence-electron chi connectivity index (χ0n) is 40.2. The van der Waals surface area contributed by atoms with Gasteiger partial charge in [0.2, 0.25) is 23.6 Å². The van der Waals surface area contributed by atoms with Gasteiger partial charge in [-0.05, 0) is 75.8 Å².